The standard InChI is InChI=1S/2C52H105NO2.Ca/c2*1-4-7-9-11-13-15-17-19-21-23-25-27-29-31-33-35-37-39-41-43-45-49-53(51(6-3)47-48-52(54)55)50-46-44-42-40-38-36-34-32-30-28-26-24-22-20-18-16-14-12-10-8-5-2;/h2*51H,4-50H2,1-3H3,(H,54,55);/q;;+2/p-2. The fourth-order valence-electron chi connectivity index (χ4n) is 17.8. The van der Waals surface area contributed by atoms with Gasteiger partial charge in [-0.25, -0.2) is 0 Å². The molecule has 0 spiro atoms. The third-order valence-corrected chi connectivity index (χ3v) is 25.5. The number of aliphatic carboxylic acids is 2. The van der Waals surface area contributed by atoms with Crippen LogP contribution in [0, 0.1) is 0 Å². The van der Waals surface area contributed by atoms with E-state index in [1.165, 1.54) is 539 Å². The molecular formula is C104H208CaN2O4. The predicted octanol–water partition coefficient (Wildman–Crippen LogP) is 33.7. The van der Waals surface area contributed by atoms with Gasteiger partial charge in [0.25, 0.3) is 0 Å². The Labute approximate surface area is 731 Å². The molecule has 0 aliphatic carbocycles. The van der Waals surface area contributed by atoms with Crippen molar-refractivity contribution in [2.75, 3.05) is 26.2 Å². The van der Waals surface area contributed by atoms with Crippen molar-refractivity contribution in [1.82, 2.24) is 9.80 Å². The van der Waals surface area contributed by atoms with Gasteiger partial charge in [0.15, 0.2) is 0 Å². The third-order valence-electron chi connectivity index (χ3n) is 25.5. The first kappa shape index (κ1) is 115. The van der Waals surface area contributed by atoms with Crippen LogP contribution >= 0.6 is 0 Å². The summed E-state index contributed by atoms with van der Waals surface area (Å²) in [6, 6.07) is 0.793. The molecule has 0 rings (SSSR count). The van der Waals surface area contributed by atoms with Crippen LogP contribution in [-0.4, -0.2) is 97.7 Å². The summed E-state index contributed by atoms with van der Waals surface area (Å²) in [4.78, 5) is 27.7. The Morgan fingerprint density at radius 2 is 0.279 bits per heavy atom. The molecule has 0 aromatic rings. The second-order valence-corrected chi connectivity index (χ2v) is 36.3. The van der Waals surface area contributed by atoms with E-state index in [9.17, 15) is 19.8 Å². The minimum absolute atomic E-state index is 0. The van der Waals surface area contributed by atoms with Gasteiger partial charge in [-0.15, -0.1) is 0 Å². The maximum absolute atomic E-state index is 11.2. The Bertz CT molecular complexity index is 1450. The number of carboxylic acids is 2. The first-order valence-electron chi connectivity index (χ1n) is 52.2. The van der Waals surface area contributed by atoms with Crippen LogP contribution in [0.4, 0.5) is 0 Å². The molecule has 2 atom stereocenters. The molecule has 0 N–H and O–H groups in total. The molecule has 7 heteroatoms. The summed E-state index contributed by atoms with van der Waals surface area (Å²) in [6.07, 6.45) is 124. The zero-order chi connectivity index (χ0) is 79.9. The second-order valence-electron chi connectivity index (χ2n) is 36.3. The van der Waals surface area contributed by atoms with Crippen LogP contribution in [0.5, 0.6) is 0 Å². The molecule has 660 valence electrons. The molecule has 2 unspecified atom stereocenters. The zero-order valence-corrected chi connectivity index (χ0v) is 80.1. The normalized spacial score (nSPS) is 12.2. The van der Waals surface area contributed by atoms with E-state index >= 15 is 0 Å². The Hall–Kier alpha value is 0.120. The van der Waals surface area contributed by atoms with Crippen LogP contribution in [0.15, 0.2) is 0 Å². The summed E-state index contributed by atoms with van der Waals surface area (Å²) in [6.45, 7) is 18.3. The van der Waals surface area contributed by atoms with Gasteiger partial charge < -0.3 is 29.6 Å². The second kappa shape index (κ2) is 104. The number of unbranched alkanes of at least 4 members (excludes halogenated alkanes) is 80. The third kappa shape index (κ3) is 98.8. The molecule has 0 aliphatic rings. The van der Waals surface area contributed by atoms with E-state index in [0.29, 0.717) is 12.1 Å². The monoisotopic (exact) mass is 1590 g/mol. The van der Waals surface area contributed by atoms with Crippen molar-refractivity contribution >= 4 is 49.7 Å². The molecule has 0 radical (unpaired) electrons. The van der Waals surface area contributed by atoms with Gasteiger partial charge in [-0.05, 0) is 90.4 Å². The van der Waals surface area contributed by atoms with Crippen molar-refractivity contribution in [3.63, 3.8) is 0 Å². The molecule has 0 aromatic heterocycles. The topological polar surface area (TPSA) is 86.7 Å². The molecule has 0 saturated carbocycles. The van der Waals surface area contributed by atoms with Crippen LogP contribution in [0.1, 0.15) is 619 Å². The van der Waals surface area contributed by atoms with Crippen molar-refractivity contribution in [3.8, 4) is 0 Å². The van der Waals surface area contributed by atoms with Crippen LogP contribution in [0.25, 0.3) is 0 Å². The van der Waals surface area contributed by atoms with Gasteiger partial charge in [0.2, 0.25) is 0 Å². The number of nitrogens with zero attached hydrogens (tertiary/aromatic N) is 2. The fourth-order valence-corrected chi connectivity index (χ4v) is 17.8. The number of hydrogen-bond donors (Lipinski definition) is 0. The van der Waals surface area contributed by atoms with Gasteiger partial charge in [-0.3, -0.25) is 0 Å². The smallest absolute Gasteiger partial charge is 0.550 e. The summed E-state index contributed by atoms with van der Waals surface area (Å²) in [5.74, 6) is -1.77. The molecule has 6 nitrogen and oxygen atoms in total. The van der Waals surface area contributed by atoms with E-state index in [0.717, 1.165) is 51.9 Å². The van der Waals surface area contributed by atoms with E-state index in [1.807, 2.05) is 0 Å². The first-order valence-corrected chi connectivity index (χ1v) is 52.2. The molecular weight excluding hydrogens is 1380 g/mol. The van der Waals surface area contributed by atoms with Gasteiger partial charge in [0, 0.05) is 24.0 Å². The quantitative estimate of drug-likeness (QED) is 0.0445. The van der Waals surface area contributed by atoms with Crippen LogP contribution < -0.4 is 10.2 Å². The molecule has 0 aliphatic heterocycles. The first-order chi connectivity index (χ1) is 54.3. The molecule has 0 aromatic carbocycles. The molecule has 0 heterocycles. The van der Waals surface area contributed by atoms with Crippen molar-refractivity contribution in [2.24, 2.45) is 0 Å². The van der Waals surface area contributed by atoms with Crippen LogP contribution in [0.2, 0.25) is 0 Å². The van der Waals surface area contributed by atoms with E-state index in [2.05, 4.69) is 51.3 Å². The van der Waals surface area contributed by atoms with Crippen LogP contribution in [0.3, 0.4) is 0 Å². The summed E-state index contributed by atoms with van der Waals surface area (Å²) in [5.41, 5.74) is 0. The molecule has 0 bridgehead atoms. The van der Waals surface area contributed by atoms with Crippen LogP contribution in [-0.2, 0) is 9.59 Å². The summed E-state index contributed by atoms with van der Waals surface area (Å²) in [5, 5.41) is 22.4. The summed E-state index contributed by atoms with van der Waals surface area (Å²) < 4.78 is 0. The van der Waals surface area contributed by atoms with Gasteiger partial charge in [0.05, 0.1) is 0 Å². The molecule has 0 amide bonds. The van der Waals surface area contributed by atoms with Crippen molar-refractivity contribution in [3.05, 3.63) is 0 Å². The maximum Gasteiger partial charge on any atom is 2.00 e. The average Bonchev–Trinajstić information content (AvgIpc) is 0.954. The van der Waals surface area contributed by atoms with Gasteiger partial charge in [-0.2, -0.15) is 0 Å². The number of carbonyl (C=O) groups excluding carboxylic acids is 2. The maximum atomic E-state index is 11.2. The fraction of sp³-hybridized carbons (Fsp3) is 0.981. The minimum Gasteiger partial charge on any atom is -0.550 e. The van der Waals surface area contributed by atoms with Gasteiger partial charge in [0.1, 0.15) is 0 Å². The number of carboxylic acid groups (broad SMARTS) is 2. The largest absolute Gasteiger partial charge is 2.00 e. The predicted molar refractivity (Wildman–Crippen MR) is 496 cm³/mol. The molecule has 111 heavy (non-hydrogen) atoms. The van der Waals surface area contributed by atoms with E-state index in [-0.39, 0.29) is 50.6 Å². The minimum atomic E-state index is -0.887. The Balaban J connectivity index is -0.00000208. The number of hydrogen-bond acceptors (Lipinski definition) is 6. The number of carbonyl (C=O) groups is 2. The van der Waals surface area contributed by atoms with Crippen molar-refractivity contribution in [1.29, 1.82) is 0 Å². The summed E-state index contributed by atoms with van der Waals surface area (Å²) >= 11 is 0. The van der Waals surface area contributed by atoms with E-state index in [1.54, 1.807) is 0 Å². The van der Waals surface area contributed by atoms with Gasteiger partial charge >= 0.3 is 37.7 Å². The number of rotatable bonds is 98. The van der Waals surface area contributed by atoms with Crippen molar-refractivity contribution < 1.29 is 19.8 Å². The summed E-state index contributed by atoms with van der Waals surface area (Å²) in [7, 11) is 0. The Kier molecular flexibility index (Phi) is 108. The SMILES string of the molecule is CCCCCCCCCCCCCCCCCCCCCCCN(CCCCCCCCCCCCCCCCCCCCCCC)C(CC)CCC(=O)[O-].CCCCCCCCCCCCCCCCCCCCCCCN(CCCCCCCCCCCCCCCCCCCCCCC)C(CC)CCC(=O)[O-].[Ca+2]. The Morgan fingerprint density at radius 1 is 0.180 bits per heavy atom. The van der Waals surface area contributed by atoms with E-state index in [4.69, 9.17) is 0 Å². The van der Waals surface area contributed by atoms with Gasteiger partial charge in [-0.1, -0.05) is 555 Å². The average molecular weight is 1590 g/mol. The van der Waals surface area contributed by atoms with Crippen molar-refractivity contribution in [2.45, 2.75) is 632 Å². The Morgan fingerprint density at radius 3 is 0.369 bits per heavy atom. The molecule has 0 saturated heterocycles. The zero-order valence-electron chi connectivity index (χ0n) is 77.9. The molecule has 0 fully saturated rings. The van der Waals surface area contributed by atoms with E-state index < -0.39 is 11.9 Å².